The fraction of sp³-hybridized carbons (Fsp3) is 0.550. The van der Waals surface area contributed by atoms with E-state index in [2.05, 4.69) is 15.6 Å². The SMILES string of the molecule is COC(=O)N1CCC(NC(=NCc2ccc(OC)cc2)NCC(=O)N(C)C)CC1. The Kier molecular flexibility index (Phi) is 8.57. The molecule has 1 aromatic carbocycles. The molecule has 2 rings (SSSR count). The summed E-state index contributed by atoms with van der Waals surface area (Å²) in [5.74, 6) is 1.33. The number of methoxy groups -OCH3 is 2. The van der Waals surface area contributed by atoms with E-state index < -0.39 is 0 Å². The van der Waals surface area contributed by atoms with Crippen LogP contribution in [0.25, 0.3) is 0 Å². The topological polar surface area (TPSA) is 95.5 Å². The van der Waals surface area contributed by atoms with Crippen molar-refractivity contribution in [3.8, 4) is 5.75 Å². The molecule has 2 amide bonds. The standard InChI is InChI=1S/C20H31N5O4/c1-24(2)18(26)14-22-19(21-13-15-5-7-17(28-3)8-6-15)23-16-9-11-25(12-10-16)20(27)29-4/h5-8,16H,9-14H2,1-4H3,(H2,21,22,23). The molecule has 0 radical (unpaired) electrons. The average Bonchev–Trinajstić information content (AvgIpc) is 2.75. The van der Waals surface area contributed by atoms with Crippen LogP contribution in [0, 0.1) is 0 Å². The third kappa shape index (κ3) is 7.17. The number of hydrogen-bond donors (Lipinski definition) is 2. The number of nitrogens with zero attached hydrogens (tertiary/aromatic N) is 3. The van der Waals surface area contributed by atoms with Crippen molar-refractivity contribution in [3.63, 3.8) is 0 Å². The van der Waals surface area contributed by atoms with Crippen LogP contribution in [0.2, 0.25) is 0 Å². The summed E-state index contributed by atoms with van der Waals surface area (Å²) in [6, 6.07) is 7.86. The number of benzene rings is 1. The molecule has 0 bridgehead atoms. The second kappa shape index (κ2) is 11.1. The van der Waals surface area contributed by atoms with Crippen LogP contribution in [-0.4, -0.2) is 81.8 Å². The molecule has 160 valence electrons. The van der Waals surface area contributed by atoms with Gasteiger partial charge in [0.2, 0.25) is 5.91 Å². The minimum absolute atomic E-state index is 0.0375. The summed E-state index contributed by atoms with van der Waals surface area (Å²) in [6.45, 7) is 1.86. The van der Waals surface area contributed by atoms with E-state index in [0.717, 1.165) is 24.2 Å². The summed E-state index contributed by atoms with van der Waals surface area (Å²) in [4.78, 5) is 31.4. The fourth-order valence-electron chi connectivity index (χ4n) is 2.90. The molecule has 1 saturated heterocycles. The van der Waals surface area contributed by atoms with Gasteiger partial charge in [0.15, 0.2) is 5.96 Å². The molecule has 0 aliphatic carbocycles. The highest BCUT2D eigenvalue weighted by Crippen LogP contribution is 2.13. The van der Waals surface area contributed by atoms with Gasteiger partial charge in [-0.1, -0.05) is 12.1 Å². The number of hydrogen-bond acceptors (Lipinski definition) is 5. The van der Waals surface area contributed by atoms with Crippen LogP contribution in [0.4, 0.5) is 4.79 Å². The highest BCUT2D eigenvalue weighted by molar-refractivity contribution is 5.86. The number of carbonyl (C=O) groups excluding carboxylic acids is 2. The highest BCUT2D eigenvalue weighted by atomic mass is 16.5. The van der Waals surface area contributed by atoms with Crippen molar-refractivity contribution in [2.45, 2.75) is 25.4 Å². The number of carbonyl (C=O) groups is 2. The molecule has 1 fully saturated rings. The number of amides is 2. The average molecular weight is 405 g/mol. The van der Waals surface area contributed by atoms with Crippen LogP contribution in [0.1, 0.15) is 18.4 Å². The minimum atomic E-state index is -0.299. The predicted octanol–water partition coefficient (Wildman–Crippen LogP) is 1.05. The summed E-state index contributed by atoms with van der Waals surface area (Å²) < 4.78 is 9.95. The Morgan fingerprint density at radius 2 is 1.83 bits per heavy atom. The maximum absolute atomic E-state index is 11.9. The Morgan fingerprint density at radius 3 is 2.38 bits per heavy atom. The lowest BCUT2D eigenvalue weighted by molar-refractivity contribution is -0.127. The van der Waals surface area contributed by atoms with Crippen LogP contribution in [0.3, 0.4) is 0 Å². The van der Waals surface area contributed by atoms with E-state index in [-0.39, 0.29) is 24.6 Å². The van der Waals surface area contributed by atoms with Crippen molar-refractivity contribution in [2.24, 2.45) is 4.99 Å². The van der Waals surface area contributed by atoms with Crippen LogP contribution in [-0.2, 0) is 16.1 Å². The van der Waals surface area contributed by atoms with E-state index in [1.165, 1.54) is 12.0 Å². The van der Waals surface area contributed by atoms with Gasteiger partial charge in [0.05, 0.1) is 27.3 Å². The minimum Gasteiger partial charge on any atom is -0.497 e. The third-order valence-electron chi connectivity index (χ3n) is 4.75. The van der Waals surface area contributed by atoms with Crippen LogP contribution in [0.15, 0.2) is 29.3 Å². The highest BCUT2D eigenvalue weighted by Gasteiger charge is 2.23. The lowest BCUT2D eigenvalue weighted by atomic mass is 10.1. The molecule has 9 nitrogen and oxygen atoms in total. The Hall–Kier alpha value is -2.97. The molecule has 0 spiro atoms. The van der Waals surface area contributed by atoms with Gasteiger partial charge in [-0.15, -0.1) is 0 Å². The first-order valence-electron chi connectivity index (χ1n) is 9.63. The largest absolute Gasteiger partial charge is 0.497 e. The van der Waals surface area contributed by atoms with Gasteiger partial charge in [-0.3, -0.25) is 4.79 Å². The van der Waals surface area contributed by atoms with E-state index in [1.807, 2.05) is 24.3 Å². The van der Waals surface area contributed by atoms with E-state index in [9.17, 15) is 9.59 Å². The van der Waals surface area contributed by atoms with Crippen LogP contribution in [0.5, 0.6) is 5.75 Å². The number of likely N-dealkylation sites (tertiary alicyclic amines) is 1. The lowest BCUT2D eigenvalue weighted by Crippen LogP contribution is -2.51. The Morgan fingerprint density at radius 1 is 1.17 bits per heavy atom. The van der Waals surface area contributed by atoms with Crippen molar-refractivity contribution in [1.29, 1.82) is 0 Å². The lowest BCUT2D eigenvalue weighted by Gasteiger charge is -2.32. The zero-order valence-corrected chi connectivity index (χ0v) is 17.6. The monoisotopic (exact) mass is 405 g/mol. The smallest absolute Gasteiger partial charge is 0.409 e. The van der Waals surface area contributed by atoms with Crippen molar-refractivity contribution < 1.29 is 19.1 Å². The maximum atomic E-state index is 11.9. The Labute approximate surface area is 172 Å². The first-order chi connectivity index (χ1) is 13.9. The van der Waals surface area contributed by atoms with Gasteiger partial charge in [0, 0.05) is 33.2 Å². The molecule has 2 N–H and O–H groups in total. The number of rotatable bonds is 6. The zero-order chi connectivity index (χ0) is 21.2. The molecule has 0 unspecified atom stereocenters. The van der Waals surface area contributed by atoms with Gasteiger partial charge < -0.3 is 29.9 Å². The third-order valence-corrected chi connectivity index (χ3v) is 4.75. The normalized spacial score (nSPS) is 14.9. The first-order valence-corrected chi connectivity index (χ1v) is 9.63. The van der Waals surface area contributed by atoms with Gasteiger partial charge in [-0.05, 0) is 30.5 Å². The summed E-state index contributed by atoms with van der Waals surface area (Å²) >= 11 is 0. The summed E-state index contributed by atoms with van der Waals surface area (Å²) in [5.41, 5.74) is 1.03. The molecule has 1 aliphatic heterocycles. The molecule has 0 aromatic heterocycles. The van der Waals surface area contributed by atoms with Crippen molar-refractivity contribution >= 4 is 18.0 Å². The molecule has 29 heavy (non-hydrogen) atoms. The molecule has 0 atom stereocenters. The molecule has 1 heterocycles. The molecule has 1 aromatic rings. The maximum Gasteiger partial charge on any atom is 0.409 e. The summed E-state index contributed by atoms with van der Waals surface area (Å²) in [7, 11) is 6.46. The Bertz CT molecular complexity index is 697. The van der Waals surface area contributed by atoms with E-state index in [4.69, 9.17) is 9.47 Å². The van der Waals surface area contributed by atoms with Crippen molar-refractivity contribution in [3.05, 3.63) is 29.8 Å². The predicted molar refractivity (Wildman–Crippen MR) is 111 cm³/mol. The molecule has 9 heteroatoms. The van der Waals surface area contributed by atoms with E-state index in [0.29, 0.717) is 25.6 Å². The van der Waals surface area contributed by atoms with Gasteiger partial charge in [0.1, 0.15) is 5.75 Å². The first kappa shape index (κ1) is 22.3. The number of guanidine groups is 1. The fourth-order valence-corrected chi connectivity index (χ4v) is 2.90. The second-order valence-corrected chi connectivity index (χ2v) is 7.03. The van der Waals surface area contributed by atoms with Crippen molar-refractivity contribution in [2.75, 3.05) is 47.9 Å². The number of likely N-dealkylation sites (N-methyl/N-ethyl adjacent to an activating group) is 1. The molecule has 0 saturated carbocycles. The molecule has 1 aliphatic rings. The number of aliphatic imine (C=N–C) groups is 1. The quantitative estimate of drug-likeness (QED) is 0.543. The van der Waals surface area contributed by atoms with Gasteiger partial charge in [0.25, 0.3) is 0 Å². The van der Waals surface area contributed by atoms with Crippen LogP contribution >= 0.6 is 0 Å². The van der Waals surface area contributed by atoms with Gasteiger partial charge in [-0.2, -0.15) is 0 Å². The summed E-state index contributed by atoms with van der Waals surface area (Å²) in [5, 5.41) is 6.49. The van der Waals surface area contributed by atoms with Crippen molar-refractivity contribution in [1.82, 2.24) is 20.4 Å². The zero-order valence-electron chi connectivity index (χ0n) is 17.6. The second-order valence-electron chi connectivity index (χ2n) is 7.03. The van der Waals surface area contributed by atoms with E-state index in [1.54, 1.807) is 26.1 Å². The Balaban J connectivity index is 1.98. The van der Waals surface area contributed by atoms with Gasteiger partial charge in [-0.25, -0.2) is 9.79 Å². The van der Waals surface area contributed by atoms with E-state index >= 15 is 0 Å². The number of ether oxygens (including phenoxy) is 2. The summed E-state index contributed by atoms with van der Waals surface area (Å²) in [6.07, 6.45) is 1.26. The molecular formula is C20H31N5O4. The molecular weight excluding hydrogens is 374 g/mol. The number of piperidine rings is 1. The van der Waals surface area contributed by atoms with Gasteiger partial charge >= 0.3 is 6.09 Å². The van der Waals surface area contributed by atoms with Crippen LogP contribution < -0.4 is 15.4 Å². The number of nitrogens with one attached hydrogen (secondary N) is 2.